The number of amides is 2. The summed E-state index contributed by atoms with van der Waals surface area (Å²) in [6.45, 7) is 5.74. The number of hydrogen-bond donors (Lipinski definition) is 1. The summed E-state index contributed by atoms with van der Waals surface area (Å²) in [5.41, 5.74) is 1.82. The zero-order valence-electron chi connectivity index (χ0n) is 20.2. The van der Waals surface area contributed by atoms with Crippen LogP contribution in [0.3, 0.4) is 0 Å². The van der Waals surface area contributed by atoms with Crippen molar-refractivity contribution in [2.75, 3.05) is 26.9 Å². The van der Waals surface area contributed by atoms with Crippen LogP contribution in [0.5, 0.6) is 17.2 Å². The minimum atomic E-state index is -0.370. The summed E-state index contributed by atoms with van der Waals surface area (Å²) in [6.07, 6.45) is 2.73. The molecule has 2 aromatic carbocycles. The Morgan fingerprint density at radius 2 is 1.94 bits per heavy atom. The zero-order valence-corrected chi connectivity index (χ0v) is 20.2. The molecule has 0 radical (unpaired) electrons. The van der Waals surface area contributed by atoms with Crippen LogP contribution in [0.15, 0.2) is 42.5 Å². The maximum Gasteiger partial charge on any atom is 0.226 e. The van der Waals surface area contributed by atoms with Crippen molar-refractivity contribution in [2.45, 2.75) is 51.6 Å². The summed E-state index contributed by atoms with van der Waals surface area (Å²) >= 11 is 0. The van der Waals surface area contributed by atoms with Crippen molar-refractivity contribution >= 4 is 11.8 Å². The van der Waals surface area contributed by atoms with E-state index in [4.69, 9.17) is 14.2 Å². The average Bonchev–Trinajstić information content (AvgIpc) is 2.87. The highest BCUT2D eigenvalue weighted by molar-refractivity contribution is 5.85. The average molecular weight is 467 g/mol. The first-order valence-corrected chi connectivity index (χ1v) is 12.2. The molecule has 7 heteroatoms. The fourth-order valence-electron chi connectivity index (χ4n) is 4.85. The fraction of sp³-hybridized carbons (Fsp3) is 0.481. The molecule has 182 valence electrons. The van der Waals surface area contributed by atoms with E-state index in [0.29, 0.717) is 44.1 Å². The van der Waals surface area contributed by atoms with E-state index in [-0.39, 0.29) is 29.8 Å². The highest BCUT2D eigenvalue weighted by atomic mass is 16.6. The van der Waals surface area contributed by atoms with Crippen LogP contribution in [0.1, 0.15) is 62.7 Å². The minimum absolute atomic E-state index is 0.0627. The van der Waals surface area contributed by atoms with Gasteiger partial charge in [-0.1, -0.05) is 37.6 Å². The number of piperidine rings is 1. The van der Waals surface area contributed by atoms with Gasteiger partial charge in [-0.25, -0.2) is 0 Å². The highest BCUT2D eigenvalue weighted by Crippen LogP contribution is 2.41. The summed E-state index contributed by atoms with van der Waals surface area (Å²) in [4.78, 5) is 28.5. The molecule has 0 bridgehead atoms. The smallest absolute Gasteiger partial charge is 0.226 e. The van der Waals surface area contributed by atoms with E-state index in [2.05, 4.69) is 12.2 Å². The molecule has 2 aliphatic rings. The third kappa shape index (κ3) is 4.98. The minimum Gasteiger partial charge on any atom is -0.496 e. The van der Waals surface area contributed by atoms with Gasteiger partial charge < -0.3 is 24.4 Å². The van der Waals surface area contributed by atoms with E-state index < -0.39 is 0 Å². The Balaban J connectivity index is 1.59. The van der Waals surface area contributed by atoms with E-state index in [1.54, 1.807) is 7.11 Å². The topological polar surface area (TPSA) is 77.1 Å². The number of carbonyl (C=O) groups excluding carboxylic acids is 2. The Bertz CT molecular complexity index is 1020. The first kappa shape index (κ1) is 23.9. The molecule has 1 fully saturated rings. The second-order valence-electron chi connectivity index (χ2n) is 8.91. The zero-order chi connectivity index (χ0) is 24.1. The van der Waals surface area contributed by atoms with Crippen LogP contribution >= 0.6 is 0 Å². The summed E-state index contributed by atoms with van der Waals surface area (Å²) < 4.78 is 16.9. The van der Waals surface area contributed by atoms with Crippen molar-refractivity contribution in [2.24, 2.45) is 5.92 Å². The van der Waals surface area contributed by atoms with Crippen LogP contribution in [-0.4, -0.2) is 43.6 Å². The molecule has 2 heterocycles. The maximum absolute atomic E-state index is 13.6. The van der Waals surface area contributed by atoms with Crippen molar-refractivity contribution in [3.63, 3.8) is 0 Å². The van der Waals surface area contributed by atoms with Crippen LogP contribution in [-0.2, 0) is 9.59 Å². The number of nitrogens with one attached hydrogen (secondary N) is 1. The Morgan fingerprint density at radius 3 is 2.71 bits per heavy atom. The largest absolute Gasteiger partial charge is 0.496 e. The van der Waals surface area contributed by atoms with Gasteiger partial charge in [0.15, 0.2) is 11.5 Å². The molecule has 1 saturated heterocycles. The highest BCUT2D eigenvalue weighted by Gasteiger charge is 2.41. The molecule has 0 spiro atoms. The second-order valence-corrected chi connectivity index (χ2v) is 8.91. The molecule has 0 saturated carbocycles. The number of para-hydroxylation sites is 1. The number of likely N-dealkylation sites (tertiary alicyclic amines) is 1. The molecule has 0 aromatic heterocycles. The van der Waals surface area contributed by atoms with Gasteiger partial charge in [-0.15, -0.1) is 0 Å². The lowest BCUT2D eigenvalue weighted by molar-refractivity contribution is -0.143. The lowest BCUT2D eigenvalue weighted by Crippen LogP contribution is -2.48. The van der Waals surface area contributed by atoms with Gasteiger partial charge in [0.05, 0.1) is 25.1 Å². The number of methoxy groups -OCH3 is 1. The van der Waals surface area contributed by atoms with Crippen molar-refractivity contribution in [3.05, 3.63) is 53.6 Å². The van der Waals surface area contributed by atoms with Gasteiger partial charge >= 0.3 is 0 Å². The molecular formula is C27H34N2O5. The Morgan fingerprint density at radius 1 is 1.18 bits per heavy atom. The van der Waals surface area contributed by atoms with Crippen LogP contribution in [0.2, 0.25) is 0 Å². The molecule has 1 N–H and O–H groups in total. The van der Waals surface area contributed by atoms with Crippen molar-refractivity contribution in [1.29, 1.82) is 0 Å². The molecule has 3 atom stereocenters. The van der Waals surface area contributed by atoms with Gasteiger partial charge in [0.1, 0.15) is 19.0 Å². The van der Waals surface area contributed by atoms with Gasteiger partial charge in [0.2, 0.25) is 11.8 Å². The first-order chi connectivity index (χ1) is 16.5. The Labute approximate surface area is 201 Å². The third-order valence-electron chi connectivity index (χ3n) is 6.68. The number of hydrogen-bond acceptors (Lipinski definition) is 5. The van der Waals surface area contributed by atoms with E-state index in [0.717, 1.165) is 29.7 Å². The molecule has 2 aliphatic heterocycles. The predicted octanol–water partition coefficient (Wildman–Crippen LogP) is 4.42. The van der Waals surface area contributed by atoms with Crippen LogP contribution in [0.25, 0.3) is 0 Å². The van der Waals surface area contributed by atoms with Gasteiger partial charge in [0.25, 0.3) is 0 Å². The molecule has 0 aliphatic carbocycles. The number of nitrogens with zero attached hydrogens (tertiary/aromatic N) is 1. The maximum atomic E-state index is 13.6. The molecule has 34 heavy (non-hydrogen) atoms. The molecule has 3 unspecified atom stereocenters. The number of benzene rings is 2. The number of unbranched alkanes of at least 4 members (excludes halogenated alkanes) is 1. The SMILES string of the molecule is CCCCN1C(=O)CCC(C(=O)NC(C)c2ccc3c(c2)OCCO3)C1c1ccccc1OC. The number of carbonyl (C=O) groups is 2. The van der Waals surface area contributed by atoms with E-state index in [1.165, 1.54) is 0 Å². The fourth-order valence-corrected chi connectivity index (χ4v) is 4.85. The van der Waals surface area contributed by atoms with Crippen molar-refractivity contribution in [3.8, 4) is 17.2 Å². The van der Waals surface area contributed by atoms with Gasteiger partial charge in [-0.2, -0.15) is 0 Å². The quantitative estimate of drug-likeness (QED) is 0.623. The summed E-state index contributed by atoms with van der Waals surface area (Å²) in [7, 11) is 1.62. The van der Waals surface area contributed by atoms with Crippen molar-refractivity contribution in [1.82, 2.24) is 10.2 Å². The lowest BCUT2D eigenvalue weighted by Gasteiger charge is -2.41. The monoisotopic (exact) mass is 466 g/mol. The molecule has 2 amide bonds. The number of rotatable bonds is 8. The number of fused-ring (bicyclic) bond motifs is 1. The Kier molecular flexibility index (Phi) is 7.60. The molecule has 7 nitrogen and oxygen atoms in total. The lowest BCUT2D eigenvalue weighted by atomic mass is 9.82. The van der Waals surface area contributed by atoms with E-state index >= 15 is 0 Å². The van der Waals surface area contributed by atoms with E-state index in [9.17, 15) is 9.59 Å². The summed E-state index contributed by atoms with van der Waals surface area (Å²) in [5.74, 6) is 1.78. The standard InChI is InChI=1S/C27H34N2O5/c1-4-5-14-29-25(30)13-11-21(26(29)20-8-6-7-9-22(20)32-3)27(31)28-18(2)19-10-12-23-24(17-19)34-16-15-33-23/h6-10,12,17-18,21,26H,4-5,11,13-16H2,1-3H3,(H,28,31). The van der Waals surface area contributed by atoms with Crippen LogP contribution < -0.4 is 19.5 Å². The molecule has 2 aromatic rings. The predicted molar refractivity (Wildman–Crippen MR) is 129 cm³/mol. The first-order valence-electron chi connectivity index (χ1n) is 12.2. The number of ether oxygens (including phenoxy) is 3. The molecule has 4 rings (SSSR count). The Hall–Kier alpha value is -3.22. The normalized spacial score (nSPS) is 20.6. The third-order valence-corrected chi connectivity index (χ3v) is 6.68. The van der Waals surface area contributed by atoms with Crippen molar-refractivity contribution < 1.29 is 23.8 Å². The van der Waals surface area contributed by atoms with Crippen LogP contribution in [0, 0.1) is 5.92 Å². The van der Waals surface area contributed by atoms with Gasteiger partial charge in [0, 0.05) is 18.5 Å². The van der Waals surface area contributed by atoms with E-state index in [1.807, 2.05) is 54.3 Å². The molecular weight excluding hydrogens is 432 g/mol. The second kappa shape index (κ2) is 10.8. The van der Waals surface area contributed by atoms with Gasteiger partial charge in [-0.05, 0) is 43.5 Å². The van der Waals surface area contributed by atoms with Gasteiger partial charge in [-0.3, -0.25) is 9.59 Å². The summed E-state index contributed by atoms with van der Waals surface area (Å²) in [5, 5.41) is 3.19. The van der Waals surface area contributed by atoms with Crippen LogP contribution in [0.4, 0.5) is 0 Å². The summed E-state index contributed by atoms with van der Waals surface area (Å²) in [6, 6.07) is 12.9.